The zero-order valence-electron chi connectivity index (χ0n) is 53.0. The van der Waals surface area contributed by atoms with E-state index in [1.54, 1.807) is 0 Å². The van der Waals surface area contributed by atoms with E-state index >= 15 is 0 Å². The van der Waals surface area contributed by atoms with Crippen molar-refractivity contribution in [1.29, 1.82) is 0 Å². The van der Waals surface area contributed by atoms with Gasteiger partial charge in [0.1, 0.15) is 0 Å². The molecule has 0 bridgehead atoms. The van der Waals surface area contributed by atoms with E-state index in [0.29, 0.717) is 5.82 Å². The Balaban J connectivity index is 0.738. The fourth-order valence-electron chi connectivity index (χ4n) is 16.8. The second-order valence-electron chi connectivity index (χ2n) is 27.3. The Kier molecular flexibility index (Phi) is 11.2. The molecule has 0 N–H and O–H groups in total. The van der Waals surface area contributed by atoms with Crippen molar-refractivity contribution in [1.82, 2.24) is 23.7 Å². The molecule has 18 aromatic rings. The van der Waals surface area contributed by atoms with Gasteiger partial charge in [0, 0.05) is 76.7 Å². The molecular weight excluding hydrogens is 1150 g/mol. The summed E-state index contributed by atoms with van der Waals surface area (Å²) >= 11 is 0. The minimum absolute atomic E-state index is 0.105. The second-order valence-corrected chi connectivity index (χ2v) is 27.3. The number of fused-ring (bicyclic) bond motifs is 18. The molecule has 0 spiro atoms. The molecule has 0 unspecified atom stereocenters. The molecule has 14 aromatic carbocycles. The van der Waals surface area contributed by atoms with Gasteiger partial charge in [0.05, 0.1) is 44.3 Å². The zero-order valence-corrected chi connectivity index (χ0v) is 53.0. The molecule has 20 rings (SSSR count). The number of hydrogen-bond donors (Lipinski definition) is 0. The van der Waals surface area contributed by atoms with Crippen LogP contribution in [0.2, 0.25) is 0 Å². The van der Waals surface area contributed by atoms with Crippen LogP contribution in [-0.2, 0) is 10.8 Å². The highest BCUT2D eigenvalue weighted by Crippen LogP contribution is 2.52. The average molecular weight is 1210 g/mol. The lowest BCUT2D eigenvalue weighted by Gasteiger charge is -2.22. The summed E-state index contributed by atoms with van der Waals surface area (Å²) in [5.41, 5.74) is 29.5. The molecule has 0 aliphatic heterocycles. The van der Waals surface area contributed by atoms with E-state index in [1.165, 1.54) is 121 Å². The minimum Gasteiger partial charge on any atom is -0.309 e. The third-order valence-electron chi connectivity index (χ3n) is 21.4. The highest BCUT2D eigenvalue weighted by Gasteiger charge is 2.37. The topological polar surface area (TPSA) is 40.6 Å². The lowest BCUT2D eigenvalue weighted by molar-refractivity contribution is 0.660. The number of hydrogen-bond acceptors (Lipinski definition) is 2. The van der Waals surface area contributed by atoms with Crippen molar-refractivity contribution in [2.75, 3.05) is 0 Å². The molecule has 2 aliphatic rings. The molecule has 446 valence electrons. The molecule has 95 heavy (non-hydrogen) atoms. The van der Waals surface area contributed by atoms with E-state index in [4.69, 9.17) is 9.97 Å². The fraction of sp³-hybridized carbons (Fsp3) is 0.0667. The first-order valence-corrected chi connectivity index (χ1v) is 33.1. The first kappa shape index (κ1) is 53.7. The van der Waals surface area contributed by atoms with Crippen LogP contribution in [0, 0.1) is 0 Å². The van der Waals surface area contributed by atoms with Gasteiger partial charge in [0.2, 0.25) is 0 Å². The maximum atomic E-state index is 5.41. The van der Waals surface area contributed by atoms with Crippen molar-refractivity contribution in [3.8, 4) is 84.2 Å². The van der Waals surface area contributed by atoms with Crippen molar-refractivity contribution in [3.63, 3.8) is 0 Å². The predicted octanol–water partition coefficient (Wildman–Crippen LogP) is 23.4. The van der Waals surface area contributed by atoms with Crippen LogP contribution in [-0.4, -0.2) is 23.7 Å². The Morgan fingerprint density at radius 3 is 1.19 bits per heavy atom. The summed E-state index contributed by atoms with van der Waals surface area (Å²) in [5.74, 6) is 0.709. The van der Waals surface area contributed by atoms with Crippen LogP contribution in [0.25, 0.3) is 171 Å². The van der Waals surface area contributed by atoms with Crippen molar-refractivity contribution >= 4 is 87.1 Å². The van der Waals surface area contributed by atoms with Crippen LogP contribution < -0.4 is 0 Å². The first-order chi connectivity index (χ1) is 46.6. The van der Waals surface area contributed by atoms with Crippen LogP contribution >= 0.6 is 0 Å². The normalized spacial score (nSPS) is 13.6. The molecule has 0 amide bonds. The molecule has 2 aliphatic carbocycles. The maximum Gasteiger partial charge on any atom is 0.160 e. The van der Waals surface area contributed by atoms with E-state index in [1.807, 2.05) is 6.07 Å². The number of para-hydroxylation sites is 2. The quantitative estimate of drug-likeness (QED) is 0.149. The molecule has 0 saturated heterocycles. The molecule has 0 radical (unpaired) electrons. The highest BCUT2D eigenvalue weighted by atomic mass is 15.0. The molecule has 5 heteroatoms. The summed E-state index contributed by atoms with van der Waals surface area (Å²) in [6, 6.07) is 110. The first-order valence-electron chi connectivity index (χ1n) is 33.1. The lowest BCUT2D eigenvalue weighted by atomic mass is 9.82. The Labute approximate surface area is 549 Å². The van der Waals surface area contributed by atoms with Gasteiger partial charge in [-0.2, -0.15) is 0 Å². The van der Waals surface area contributed by atoms with Gasteiger partial charge in [-0.05, 0) is 181 Å². The Bertz CT molecular complexity index is 6350. The van der Waals surface area contributed by atoms with Crippen LogP contribution in [0.4, 0.5) is 0 Å². The van der Waals surface area contributed by atoms with E-state index in [2.05, 4.69) is 333 Å². The summed E-state index contributed by atoms with van der Waals surface area (Å²) in [5, 5.41) is 10.6. The molecule has 4 aromatic heterocycles. The lowest BCUT2D eigenvalue weighted by Crippen LogP contribution is -2.15. The molecular formula is C90H61N5. The highest BCUT2D eigenvalue weighted by molar-refractivity contribution is 6.16. The van der Waals surface area contributed by atoms with E-state index in [0.717, 1.165) is 66.5 Å². The van der Waals surface area contributed by atoms with Crippen molar-refractivity contribution in [2.24, 2.45) is 0 Å². The van der Waals surface area contributed by atoms with Gasteiger partial charge in [-0.15, -0.1) is 0 Å². The minimum atomic E-state index is -0.149. The monoisotopic (exact) mass is 1210 g/mol. The van der Waals surface area contributed by atoms with Crippen molar-refractivity contribution in [2.45, 2.75) is 38.5 Å². The Hall–Kier alpha value is -11.9. The Morgan fingerprint density at radius 2 is 0.663 bits per heavy atom. The van der Waals surface area contributed by atoms with Crippen LogP contribution in [0.5, 0.6) is 0 Å². The fourth-order valence-corrected chi connectivity index (χ4v) is 16.8. The maximum absolute atomic E-state index is 5.41. The van der Waals surface area contributed by atoms with Gasteiger partial charge in [0.15, 0.2) is 5.82 Å². The predicted molar refractivity (Wildman–Crippen MR) is 397 cm³/mol. The average Bonchev–Trinajstić information content (AvgIpc) is 1.77. The van der Waals surface area contributed by atoms with Gasteiger partial charge < -0.3 is 13.7 Å². The van der Waals surface area contributed by atoms with Crippen molar-refractivity contribution in [3.05, 3.63) is 320 Å². The summed E-state index contributed by atoms with van der Waals surface area (Å²) in [6.07, 6.45) is 0. The van der Waals surface area contributed by atoms with E-state index in [9.17, 15) is 0 Å². The van der Waals surface area contributed by atoms with Gasteiger partial charge >= 0.3 is 0 Å². The largest absolute Gasteiger partial charge is 0.309 e. The summed E-state index contributed by atoms with van der Waals surface area (Å²) in [6.45, 7) is 9.49. The standard InChI is InChI=1S/C90H61N5/c1-89(2)75-29-14-10-25-65(75)67-40-38-62(52-77(67)89)94-81-32-17-13-28-70(81)72-49-57(35-44-83(72)94)59-37-46-85-74(51-59)73-50-58(36-45-84(73)95(85)63-39-41-68-66-26-11-15-30-76(66)90(3,4)78(68)53-63)56-34-43-82-71(48-56)69-27-12-16-31-80(69)93(82)61-23-18-22-60(47-61)87-86-64-24-9-8-19-54(64)33-42-79(86)91-88(92-87)55-20-6-5-7-21-55/h5-53H,1-4H3. The summed E-state index contributed by atoms with van der Waals surface area (Å²) in [7, 11) is 0. The van der Waals surface area contributed by atoms with E-state index in [-0.39, 0.29) is 10.8 Å². The number of nitrogens with zero attached hydrogens (tertiary/aromatic N) is 5. The van der Waals surface area contributed by atoms with Crippen LogP contribution in [0.1, 0.15) is 49.9 Å². The third-order valence-corrected chi connectivity index (χ3v) is 21.4. The van der Waals surface area contributed by atoms with Crippen LogP contribution in [0.3, 0.4) is 0 Å². The molecule has 0 atom stereocenters. The number of rotatable bonds is 7. The van der Waals surface area contributed by atoms with Gasteiger partial charge in [-0.25, -0.2) is 9.97 Å². The van der Waals surface area contributed by atoms with Gasteiger partial charge in [-0.3, -0.25) is 0 Å². The number of benzene rings is 14. The van der Waals surface area contributed by atoms with Crippen molar-refractivity contribution < 1.29 is 0 Å². The summed E-state index contributed by atoms with van der Waals surface area (Å²) in [4.78, 5) is 10.6. The van der Waals surface area contributed by atoms with Crippen LogP contribution in [0.15, 0.2) is 297 Å². The zero-order chi connectivity index (χ0) is 63.0. The van der Waals surface area contributed by atoms with Gasteiger partial charge in [0.25, 0.3) is 0 Å². The van der Waals surface area contributed by atoms with E-state index < -0.39 is 0 Å². The van der Waals surface area contributed by atoms with Gasteiger partial charge in [-0.1, -0.05) is 222 Å². The third kappa shape index (κ3) is 7.78. The molecule has 0 fully saturated rings. The smallest absolute Gasteiger partial charge is 0.160 e. The second kappa shape index (κ2) is 19.8. The Morgan fingerprint density at radius 1 is 0.253 bits per heavy atom. The molecule has 4 heterocycles. The number of aromatic nitrogens is 5. The molecule has 5 nitrogen and oxygen atoms in total. The summed E-state index contributed by atoms with van der Waals surface area (Å²) < 4.78 is 7.40. The molecule has 0 saturated carbocycles. The SMILES string of the molecule is CC1(C)c2ccccc2-c2ccc(-n3c4ccccc4c4cc(-c5ccc6c(c5)c5cc(-c7ccc8c(c7)c7ccccc7n8-c7cccc(-c8nc(-c9ccccc9)nc9ccc%10ccccc%10c89)c7)ccc5n6-c5ccc6c(c5)C(C)(C)c5ccccc5-6)ccc43)cc21.